The summed E-state index contributed by atoms with van der Waals surface area (Å²) in [6.45, 7) is 4.52. The van der Waals surface area contributed by atoms with Crippen LogP contribution in [-0.2, 0) is 4.79 Å². The molecule has 0 saturated carbocycles. The van der Waals surface area contributed by atoms with Crippen LogP contribution in [0.25, 0.3) is 0 Å². The third-order valence-corrected chi connectivity index (χ3v) is 3.84. The molecule has 1 aromatic carbocycles. The van der Waals surface area contributed by atoms with Crippen LogP contribution in [0.3, 0.4) is 0 Å². The molecule has 0 aliphatic heterocycles. The summed E-state index contributed by atoms with van der Waals surface area (Å²) in [5, 5.41) is 5.53. The van der Waals surface area contributed by atoms with E-state index in [1.807, 2.05) is 26.0 Å². The van der Waals surface area contributed by atoms with E-state index >= 15 is 0 Å². The summed E-state index contributed by atoms with van der Waals surface area (Å²) in [6.07, 6.45) is 0. The Hall–Kier alpha value is -0.630. The first-order valence-corrected chi connectivity index (χ1v) is 7.80. The van der Waals surface area contributed by atoms with E-state index in [4.69, 9.17) is 0 Å². The number of hydrogen-bond acceptors (Lipinski definition) is 2. The highest BCUT2D eigenvalue weighted by Crippen LogP contribution is 2.18. The molecule has 0 aliphatic rings. The number of carbonyl (C=O) groups is 2. The van der Waals surface area contributed by atoms with Crippen molar-refractivity contribution >= 4 is 50.3 Å². The van der Waals surface area contributed by atoms with E-state index in [1.54, 1.807) is 6.07 Å². The van der Waals surface area contributed by atoms with Gasteiger partial charge in [0.25, 0.3) is 5.91 Å². The van der Waals surface area contributed by atoms with Gasteiger partial charge in [-0.05, 0) is 40.8 Å². The van der Waals surface area contributed by atoms with Crippen molar-refractivity contribution in [1.82, 2.24) is 10.6 Å². The SMILES string of the molecule is CC(C)C(=O)NCCNC(=O)c1cc(Br)ccc1I. The summed E-state index contributed by atoms with van der Waals surface area (Å²) in [7, 11) is 0. The van der Waals surface area contributed by atoms with Crippen LogP contribution in [0, 0.1) is 9.49 Å². The number of nitrogens with one attached hydrogen (secondary N) is 2. The molecular formula is C13H16BrIN2O2. The molecule has 0 fully saturated rings. The second-order valence-corrected chi connectivity index (χ2v) is 6.40. The van der Waals surface area contributed by atoms with Crippen LogP contribution in [0.4, 0.5) is 0 Å². The number of halogens is 2. The molecule has 2 amide bonds. The summed E-state index contributed by atoms with van der Waals surface area (Å²) in [5.41, 5.74) is 0.630. The van der Waals surface area contributed by atoms with E-state index in [2.05, 4.69) is 49.2 Å². The van der Waals surface area contributed by atoms with Crippen molar-refractivity contribution < 1.29 is 9.59 Å². The summed E-state index contributed by atoms with van der Waals surface area (Å²) >= 11 is 5.46. The smallest absolute Gasteiger partial charge is 0.252 e. The fraction of sp³-hybridized carbons (Fsp3) is 0.385. The van der Waals surface area contributed by atoms with Crippen molar-refractivity contribution in [3.8, 4) is 0 Å². The third-order valence-electron chi connectivity index (χ3n) is 2.41. The molecule has 6 heteroatoms. The first-order valence-electron chi connectivity index (χ1n) is 5.92. The topological polar surface area (TPSA) is 58.2 Å². The molecule has 0 unspecified atom stereocenters. The molecule has 0 spiro atoms. The van der Waals surface area contributed by atoms with E-state index in [1.165, 1.54) is 0 Å². The lowest BCUT2D eigenvalue weighted by molar-refractivity contribution is -0.123. The van der Waals surface area contributed by atoms with Crippen molar-refractivity contribution in [3.63, 3.8) is 0 Å². The average molecular weight is 439 g/mol. The molecule has 104 valence electrons. The van der Waals surface area contributed by atoms with Crippen molar-refractivity contribution in [2.24, 2.45) is 5.92 Å². The standard InChI is InChI=1S/C13H16BrIN2O2/c1-8(2)12(18)16-5-6-17-13(19)10-7-9(14)3-4-11(10)15/h3-4,7-8H,5-6H2,1-2H3,(H,16,18)(H,17,19). The van der Waals surface area contributed by atoms with Crippen molar-refractivity contribution in [1.29, 1.82) is 0 Å². The lowest BCUT2D eigenvalue weighted by atomic mass is 10.2. The van der Waals surface area contributed by atoms with Crippen molar-refractivity contribution in [2.75, 3.05) is 13.1 Å². The molecular weight excluding hydrogens is 423 g/mol. The third kappa shape index (κ3) is 5.48. The summed E-state index contributed by atoms with van der Waals surface area (Å²) in [6, 6.07) is 5.55. The molecule has 0 aliphatic carbocycles. The van der Waals surface area contributed by atoms with Gasteiger partial charge in [-0.2, -0.15) is 0 Å². The fourth-order valence-electron chi connectivity index (χ4n) is 1.33. The van der Waals surface area contributed by atoms with Gasteiger partial charge in [-0.3, -0.25) is 9.59 Å². The van der Waals surface area contributed by atoms with E-state index in [0.29, 0.717) is 18.7 Å². The molecule has 0 atom stereocenters. The molecule has 0 heterocycles. The second kappa shape index (κ2) is 7.84. The molecule has 19 heavy (non-hydrogen) atoms. The predicted octanol–water partition coefficient (Wildman–Crippen LogP) is 2.56. The van der Waals surface area contributed by atoms with E-state index in [0.717, 1.165) is 8.04 Å². The maximum atomic E-state index is 11.9. The van der Waals surface area contributed by atoms with Crippen LogP contribution < -0.4 is 10.6 Å². The molecule has 1 aromatic rings. The Balaban J connectivity index is 2.44. The van der Waals surface area contributed by atoms with Gasteiger partial charge in [0.05, 0.1) is 5.56 Å². The quantitative estimate of drug-likeness (QED) is 0.548. The monoisotopic (exact) mass is 438 g/mol. The zero-order valence-electron chi connectivity index (χ0n) is 10.8. The number of carbonyl (C=O) groups excluding carboxylic acids is 2. The van der Waals surface area contributed by atoms with Crippen LogP contribution in [0.2, 0.25) is 0 Å². The molecule has 1 rings (SSSR count). The van der Waals surface area contributed by atoms with E-state index in [-0.39, 0.29) is 17.7 Å². The van der Waals surface area contributed by atoms with Gasteiger partial charge < -0.3 is 10.6 Å². The Labute approximate surface area is 135 Å². The molecule has 0 radical (unpaired) electrons. The van der Waals surface area contributed by atoms with Gasteiger partial charge in [-0.1, -0.05) is 29.8 Å². The van der Waals surface area contributed by atoms with Crippen molar-refractivity contribution in [2.45, 2.75) is 13.8 Å². The van der Waals surface area contributed by atoms with Crippen LogP contribution >= 0.6 is 38.5 Å². The normalized spacial score (nSPS) is 10.4. The zero-order valence-corrected chi connectivity index (χ0v) is 14.5. The molecule has 2 N–H and O–H groups in total. The van der Waals surface area contributed by atoms with Gasteiger partial charge in [-0.15, -0.1) is 0 Å². The highest BCUT2D eigenvalue weighted by Gasteiger charge is 2.10. The predicted molar refractivity (Wildman–Crippen MR) is 87.0 cm³/mol. The van der Waals surface area contributed by atoms with Gasteiger partial charge in [-0.25, -0.2) is 0 Å². The molecule has 0 aromatic heterocycles. The highest BCUT2D eigenvalue weighted by molar-refractivity contribution is 14.1. The number of hydrogen-bond donors (Lipinski definition) is 2. The van der Waals surface area contributed by atoms with Gasteiger partial charge in [0, 0.05) is 27.1 Å². The Morgan fingerprint density at radius 1 is 1.26 bits per heavy atom. The Morgan fingerprint density at radius 2 is 1.89 bits per heavy atom. The van der Waals surface area contributed by atoms with E-state index in [9.17, 15) is 9.59 Å². The minimum Gasteiger partial charge on any atom is -0.354 e. The first kappa shape index (κ1) is 16.4. The Kier molecular flexibility index (Phi) is 6.78. The Morgan fingerprint density at radius 3 is 2.53 bits per heavy atom. The minimum absolute atomic E-state index is 0.00807. The van der Waals surface area contributed by atoms with Crippen LogP contribution in [0.15, 0.2) is 22.7 Å². The lowest BCUT2D eigenvalue weighted by Crippen LogP contribution is -2.36. The second-order valence-electron chi connectivity index (χ2n) is 4.33. The van der Waals surface area contributed by atoms with Gasteiger partial charge in [0.15, 0.2) is 0 Å². The molecule has 0 saturated heterocycles. The summed E-state index contributed by atoms with van der Waals surface area (Å²) in [4.78, 5) is 23.3. The average Bonchev–Trinajstić information content (AvgIpc) is 2.36. The number of amides is 2. The number of benzene rings is 1. The maximum absolute atomic E-state index is 11.9. The molecule has 4 nitrogen and oxygen atoms in total. The maximum Gasteiger partial charge on any atom is 0.252 e. The van der Waals surface area contributed by atoms with Gasteiger partial charge in [0.1, 0.15) is 0 Å². The summed E-state index contributed by atoms with van der Waals surface area (Å²) < 4.78 is 1.76. The lowest BCUT2D eigenvalue weighted by Gasteiger charge is -2.09. The summed E-state index contributed by atoms with van der Waals surface area (Å²) in [5.74, 6) is -0.183. The van der Waals surface area contributed by atoms with Crippen molar-refractivity contribution in [3.05, 3.63) is 31.8 Å². The minimum atomic E-state index is -0.135. The van der Waals surface area contributed by atoms with Gasteiger partial charge in [0.2, 0.25) is 5.91 Å². The van der Waals surface area contributed by atoms with Crippen LogP contribution in [0.5, 0.6) is 0 Å². The fourth-order valence-corrected chi connectivity index (χ4v) is 2.27. The first-order chi connectivity index (χ1) is 8.91. The zero-order chi connectivity index (χ0) is 14.4. The largest absolute Gasteiger partial charge is 0.354 e. The number of rotatable bonds is 5. The Bertz CT molecular complexity index is 478. The van der Waals surface area contributed by atoms with E-state index < -0.39 is 0 Å². The van der Waals surface area contributed by atoms with Crippen LogP contribution in [-0.4, -0.2) is 24.9 Å². The molecule has 0 bridgehead atoms. The van der Waals surface area contributed by atoms with Gasteiger partial charge >= 0.3 is 0 Å². The van der Waals surface area contributed by atoms with Crippen LogP contribution in [0.1, 0.15) is 24.2 Å². The highest BCUT2D eigenvalue weighted by atomic mass is 127.